The molecule has 0 radical (unpaired) electrons. The molecule has 0 amide bonds. The van der Waals surface area contributed by atoms with E-state index in [1.54, 1.807) is 6.33 Å². The molecule has 3 rings (SSSR count). The molecule has 0 aliphatic carbocycles. The zero-order valence-corrected chi connectivity index (χ0v) is 10.9. The molecule has 0 unspecified atom stereocenters. The first-order valence-electron chi connectivity index (χ1n) is 5.24. The van der Waals surface area contributed by atoms with Crippen LogP contribution in [0.3, 0.4) is 0 Å². The largest absolute Gasteiger partial charge is 0.334 e. The molecule has 4 nitrogen and oxygen atoms in total. The van der Waals surface area contributed by atoms with Gasteiger partial charge in [0.1, 0.15) is 0 Å². The number of aromatic nitrogens is 4. The highest BCUT2D eigenvalue weighted by Gasteiger charge is 2.09. The van der Waals surface area contributed by atoms with Gasteiger partial charge in [0.25, 0.3) is 0 Å². The number of imidazole rings is 1. The lowest BCUT2D eigenvalue weighted by Crippen LogP contribution is -1.89. The highest BCUT2D eigenvalue weighted by molar-refractivity contribution is 6.33. The number of benzene rings is 1. The molecule has 0 saturated heterocycles. The Bertz CT molecular complexity index is 736. The molecule has 2 aromatic heterocycles. The summed E-state index contributed by atoms with van der Waals surface area (Å²) in [6.07, 6.45) is 3.26. The number of hydrogen-bond acceptors (Lipinski definition) is 3. The SMILES string of the molecule is Cn1cnc2cc(-c3nc(Cl)ncc3Cl)ccc21. The maximum Gasteiger partial charge on any atom is 0.222 e. The molecule has 0 aliphatic rings. The van der Waals surface area contributed by atoms with Gasteiger partial charge in [-0.05, 0) is 23.7 Å². The molecule has 0 saturated carbocycles. The Hall–Kier alpha value is -1.65. The molecule has 90 valence electrons. The fraction of sp³-hybridized carbons (Fsp3) is 0.0833. The van der Waals surface area contributed by atoms with Gasteiger partial charge in [-0.3, -0.25) is 0 Å². The quantitative estimate of drug-likeness (QED) is 0.642. The van der Waals surface area contributed by atoms with Crippen molar-refractivity contribution in [3.8, 4) is 11.3 Å². The van der Waals surface area contributed by atoms with Crippen LogP contribution in [0.25, 0.3) is 22.3 Å². The van der Waals surface area contributed by atoms with Crippen LogP contribution in [0.15, 0.2) is 30.7 Å². The number of aryl methyl sites for hydroxylation is 1. The van der Waals surface area contributed by atoms with Gasteiger partial charge in [-0.15, -0.1) is 0 Å². The van der Waals surface area contributed by atoms with Gasteiger partial charge in [-0.25, -0.2) is 15.0 Å². The molecule has 3 aromatic rings. The second-order valence-electron chi connectivity index (χ2n) is 3.89. The summed E-state index contributed by atoms with van der Waals surface area (Å²) in [6, 6.07) is 5.85. The number of rotatable bonds is 1. The molecule has 0 atom stereocenters. The minimum absolute atomic E-state index is 0.176. The number of fused-ring (bicyclic) bond motifs is 1. The molecule has 0 fully saturated rings. The van der Waals surface area contributed by atoms with Crippen molar-refractivity contribution in [2.75, 3.05) is 0 Å². The van der Waals surface area contributed by atoms with Crippen molar-refractivity contribution in [3.63, 3.8) is 0 Å². The topological polar surface area (TPSA) is 43.6 Å². The van der Waals surface area contributed by atoms with Crippen molar-refractivity contribution in [1.82, 2.24) is 19.5 Å². The van der Waals surface area contributed by atoms with E-state index in [9.17, 15) is 0 Å². The van der Waals surface area contributed by atoms with Gasteiger partial charge in [0.15, 0.2) is 0 Å². The van der Waals surface area contributed by atoms with Gasteiger partial charge in [0, 0.05) is 12.6 Å². The lowest BCUT2D eigenvalue weighted by Gasteiger charge is -2.03. The molecular weight excluding hydrogens is 271 g/mol. The van der Waals surface area contributed by atoms with E-state index in [0.29, 0.717) is 10.7 Å². The molecule has 0 spiro atoms. The Labute approximate surface area is 113 Å². The average Bonchev–Trinajstić information content (AvgIpc) is 2.74. The highest BCUT2D eigenvalue weighted by atomic mass is 35.5. The van der Waals surface area contributed by atoms with E-state index < -0.39 is 0 Å². The zero-order valence-electron chi connectivity index (χ0n) is 9.43. The maximum absolute atomic E-state index is 6.08. The predicted octanol–water partition coefficient (Wildman–Crippen LogP) is 3.34. The van der Waals surface area contributed by atoms with Crippen molar-refractivity contribution in [2.24, 2.45) is 7.05 Å². The van der Waals surface area contributed by atoms with Crippen LogP contribution in [0.5, 0.6) is 0 Å². The second kappa shape index (κ2) is 4.23. The van der Waals surface area contributed by atoms with E-state index in [-0.39, 0.29) is 5.28 Å². The first-order chi connectivity index (χ1) is 8.65. The number of halogens is 2. The summed E-state index contributed by atoms with van der Waals surface area (Å²) in [4.78, 5) is 12.3. The third-order valence-electron chi connectivity index (χ3n) is 2.71. The van der Waals surface area contributed by atoms with E-state index in [0.717, 1.165) is 16.6 Å². The van der Waals surface area contributed by atoms with Crippen molar-refractivity contribution >= 4 is 34.2 Å². The molecule has 0 aliphatic heterocycles. The normalized spacial score (nSPS) is 11.1. The summed E-state index contributed by atoms with van der Waals surface area (Å²) in [5, 5.41) is 0.644. The summed E-state index contributed by atoms with van der Waals surface area (Å²) >= 11 is 11.9. The van der Waals surface area contributed by atoms with Gasteiger partial charge < -0.3 is 4.57 Å². The Morgan fingerprint density at radius 2 is 2.00 bits per heavy atom. The second-order valence-corrected chi connectivity index (χ2v) is 4.64. The predicted molar refractivity (Wildman–Crippen MR) is 71.8 cm³/mol. The van der Waals surface area contributed by atoms with Crippen LogP contribution in [-0.4, -0.2) is 19.5 Å². The molecule has 6 heteroatoms. The first kappa shape index (κ1) is 11.4. The Kier molecular flexibility index (Phi) is 2.69. The Morgan fingerprint density at radius 1 is 1.17 bits per heavy atom. The third kappa shape index (κ3) is 1.83. The van der Waals surface area contributed by atoms with Gasteiger partial charge in [-0.2, -0.15) is 0 Å². The molecular formula is C12H8Cl2N4. The van der Waals surface area contributed by atoms with Crippen molar-refractivity contribution in [2.45, 2.75) is 0 Å². The fourth-order valence-corrected chi connectivity index (χ4v) is 2.16. The van der Waals surface area contributed by atoms with E-state index in [1.807, 2.05) is 29.8 Å². The monoisotopic (exact) mass is 278 g/mol. The minimum atomic E-state index is 0.176. The lowest BCUT2D eigenvalue weighted by molar-refractivity contribution is 0.948. The summed E-state index contributed by atoms with van der Waals surface area (Å²) in [5.74, 6) is 0. The van der Waals surface area contributed by atoms with Crippen LogP contribution < -0.4 is 0 Å². The lowest BCUT2D eigenvalue weighted by atomic mass is 10.1. The Balaban J connectivity index is 2.22. The fourth-order valence-electron chi connectivity index (χ4n) is 1.83. The van der Waals surface area contributed by atoms with Gasteiger partial charge >= 0.3 is 0 Å². The third-order valence-corrected chi connectivity index (χ3v) is 3.17. The van der Waals surface area contributed by atoms with Gasteiger partial charge in [-0.1, -0.05) is 17.7 Å². The summed E-state index contributed by atoms with van der Waals surface area (Å²) < 4.78 is 1.95. The van der Waals surface area contributed by atoms with Crippen LogP contribution in [0.2, 0.25) is 10.3 Å². The summed E-state index contributed by atoms with van der Waals surface area (Å²) in [6.45, 7) is 0. The summed E-state index contributed by atoms with van der Waals surface area (Å²) in [7, 11) is 1.95. The standard InChI is InChI=1S/C12H8Cl2N4/c1-18-6-16-9-4-7(2-3-10(9)18)11-8(13)5-15-12(14)17-11/h2-6H,1H3. The molecule has 2 heterocycles. The molecule has 0 bridgehead atoms. The Morgan fingerprint density at radius 3 is 2.83 bits per heavy atom. The zero-order chi connectivity index (χ0) is 12.7. The van der Waals surface area contributed by atoms with Gasteiger partial charge in [0.2, 0.25) is 5.28 Å². The first-order valence-corrected chi connectivity index (χ1v) is 6.00. The van der Waals surface area contributed by atoms with E-state index >= 15 is 0 Å². The van der Waals surface area contributed by atoms with Gasteiger partial charge in [0.05, 0.1) is 34.3 Å². The molecule has 1 aromatic carbocycles. The van der Waals surface area contributed by atoms with Crippen molar-refractivity contribution in [3.05, 3.63) is 41.0 Å². The summed E-state index contributed by atoms with van der Waals surface area (Å²) in [5.41, 5.74) is 3.43. The molecule has 0 N–H and O–H groups in total. The van der Waals surface area contributed by atoms with E-state index in [4.69, 9.17) is 23.2 Å². The van der Waals surface area contributed by atoms with E-state index in [2.05, 4.69) is 15.0 Å². The van der Waals surface area contributed by atoms with Crippen molar-refractivity contribution in [1.29, 1.82) is 0 Å². The average molecular weight is 279 g/mol. The smallest absolute Gasteiger partial charge is 0.222 e. The van der Waals surface area contributed by atoms with Crippen LogP contribution >= 0.6 is 23.2 Å². The molecule has 18 heavy (non-hydrogen) atoms. The van der Waals surface area contributed by atoms with Crippen LogP contribution in [-0.2, 0) is 7.05 Å². The van der Waals surface area contributed by atoms with Crippen molar-refractivity contribution < 1.29 is 0 Å². The maximum atomic E-state index is 6.08. The number of hydrogen-bond donors (Lipinski definition) is 0. The highest BCUT2D eigenvalue weighted by Crippen LogP contribution is 2.28. The van der Waals surface area contributed by atoms with Crippen LogP contribution in [0, 0.1) is 0 Å². The van der Waals surface area contributed by atoms with Crippen LogP contribution in [0.1, 0.15) is 0 Å². The van der Waals surface area contributed by atoms with E-state index in [1.165, 1.54) is 6.20 Å². The van der Waals surface area contributed by atoms with Crippen LogP contribution in [0.4, 0.5) is 0 Å². The number of nitrogens with zero attached hydrogens (tertiary/aromatic N) is 4. The minimum Gasteiger partial charge on any atom is -0.334 e.